The van der Waals surface area contributed by atoms with Gasteiger partial charge in [-0.05, 0) is 0 Å². The molecule has 0 amide bonds. The lowest BCUT2D eigenvalue weighted by Crippen LogP contribution is -2.24. The number of alkyl halides is 6. The Morgan fingerprint density at radius 2 is 1.74 bits per heavy atom. The molecule has 0 atom stereocenters. The van der Waals surface area contributed by atoms with Crippen molar-refractivity contribution in [2.24, 2.45) is 0 Å². The SMILES string of the molecule is O=c1cc([N+](=O)[O-])c(C(F)(F)F)c(OC(F)(F)F)[nH]1. The van der Waals surface area contributed by atoms with Gasteiger partial charge in [-0.1, -0.05) is 0 Å². The number of pyridine rings is 1. The molecule has 0 unspecified atom stereocenters. The molecule has 0 radical (unpaired) electrons. The Bertz CT molecular complexity index is 560. The molecule has 6 nitrogen and oxygen atoms in total. The van der Waals surface area contributed by atoms with Crippen LogP contribution in [0.15, 0.2) is 10.9 Å². The van der Waals surface area contributed by atoms with Gasteiger partial charge in [0, 0.05) is 0 Å². The van der Waals surface area contributed by atoms with Crippen LogP contribution in [0.5, 0.6) is 5.88 Å². The summed E-state index contributed by atoms with van der Waals surface area (Å²) in [5.41, 5.74) is -5.70. The summed E-state index contributed by atoms with van der Waals surface area (Å²) in [6.07, 6.45) is -11.1. The zero-order chi connectivity index (χ0) is 15.0. The molecule has 1 heterocycles. The van der Waals surface area contributed by atoms with Gasteiger partial charge < -0.3 is 4.74 Å². The highest BCUT2D eigenvalue weighted by molar-refractivity contribution is 5.47. The van der Waals surface area contributed by atoms with Crippen LogP contribution < -0.4 is 10.3 Å². The maximum Gasteiger partial charge on any atom is 0.574 e. The molecule has 19 heavy (non-hydrogen) atoms. The highest BCUT2D eigenvalue weighted by Crippen LogP contribution is 2.41. The average Bonchev–Trinajstić information content (AvgIpc) is 2.10. The number of ether oxygens (including phenoxy) is 1. The molecule has 1 aromatic rings. The van der Waals surface area contributed by atoms with E-state index in [0.717, 1.165) is 4.98 Å². The molecule has 12 heteroatoms. The highest BCUT2D eigenvalue weighted by atomic mass is 19.4. The Kier molecular flexibility index (Phi) is 3.45. The van der Waals surface area contributed by atoms with E-state index in [9.17, 15) is 41.3 Å². The highest BCUT2D eigenvalue weighted by Gasteiger charge is 2.46. The van der Waals surface area contributed by atoms with Crippen LogP contribution in [0.3, 0.4) is 0 Å². The number of nitrogens with one attached hydrogen (secondary N) is 1. The summed E-state index contributed by atoms with van der Waals surface area (Å²) in [4.78, 5) is 20.6. The van der Waals surface area contributed by atoms with Crippen LogP contribution in [0.1, 0.15) is 5.56 Å². The first-order valence-corrected chi connectivity index (χ1v) is 4.16. The quantitative estimate of drug-likeness (QED) is 0.514. The van der Waals surface area contributed by atoms with E-state index in [1.807, 2.05) is 0 Å². The van der Waals surface area contributed by atoms with Crippen molar-refractivity contribution in [3.63, 3.8) is 0 Å². The number of hydrogen-bond acceptors (Lipinski definition) is 4. The molecule has 1 N–H and O–H groups in total. The van der Waals surface area contributed by atoms with E-state index in [1.165, 1.54) is 0 Å². The van der Waals surface area contributed by atoms with Gasteiger partial charge in [-0.3, -0.25) is 19.9 Å². The van der Waals surface area contributed by atoms with Crippen molar-refractivity contribution >= 4 is 5.69 Å². The van der Waals surface area contributed by atoms with Gasteiger partial charge in [0.1, 0.15) is 0 Å². The Hall–Kier alpha value is -2.27. The number of H-pyrrole nitrogens is 1. The molecular weight excluding hydrogens is 290 g/mol. The van der Waals surface area contributed by atoms with E-state index in [0.29, 0.717) is 0 Å². The first-order chi connectivity index (χ1) is 8.42. The minimum atomic E-state index is -5.56. The van der Waals surface area contributed by atoms with E-state index >= 15 is 0 Å². The minimum absolute atomic E-state index is 0.0912. The Morgan fingerprint density at radius 3 is 2.11 bits per heavy atom. The third kappa shape index (κ3) is 3.59. The molecule has 1 aromatic heterocycles. The van der Waals surface area contributed by atoms with Crippen molar-refractivity contribution in [2.45, 2.75) is 12.5 Å². The summed E-state index contributed by atoms with van der Waals surface area (Å²) >= 11 is 0. The summed E-state index contributed by atoms with van der Waals surface area (Å²) in [6.45, 7) is 0. The summed E-state index contributed by atoms with van der Waals surface area (Å²) in [5.74, 6) is -2.08. The fraction of sp³-hybridized carbons (Fsp3) is 0.286. The van der Waals surface area contributed by atoms with Gasteiger partial charge in [-0.15, -0.1) is 13.2 Å². The molecule has 0 saturated carbocycles. The Balaban J connectivity index is 3.61. The second-order valence-corrected chi connectivity index (χ2v) is 3.03. The van der Waals surface area contributed by atoms with E-state index in [4.69, 9.17) is 0 Å². The molecule has 0 aliphatic heterocycles. The lowest BCUT2D eigenvalue weighted by atomic mass is 10.2. The number of nitro groups is 1. The Morgan fingerprint density at radius 1 is 1.21 bits per heavy atom. The van der Waals surface area contributed by atoms with Gasteiger partial charge in [-0.2, -0.15) is 13.2 Å². The van der Waals surface area contributed by atoms with Gasteiger partial charge in [0.2, 0.25) is 5.88 Å². The molecule has 1 rings (SSSR count). The molecule has 0 aliphatic rings. The maximum atomic E-state index is 12.5. The van der Waals surface area contributed by atoms with E-state index in [1.54, 1.807) is 0 Å². The summed E-state index contributed by atoms with van der Waals surface area (Å²) in [6, 6.07) is -0.0912. The van der Waals surface area contributed by atoms with Gasteiger partial charge >= 0.3 is 12.5 Å². The van der Waals surface area contributed by atoms with Crippen molar-refractivity contribution in [2.75, 3.05) is 0 Å². The third-order valence-electron chi connectivity index (χ3n) is 1.69. The van der Waals surface area contributed by atoms with Crippen LogP contribution in [-0.4, -0.2) is 16.3 Å². The summed E-state index contributed by atoms with van der Waals surface area (Å²) in [7, 11) is 0. The number of nitrogens with zero attached hydrogens (tertiary/aromatic N) is 1. The fourth-order valence-electron chi connectivity index (χ4n) is 1.13. The van der Waals surface area contributed by atoms with Gasteiger partial charge in [0.15, 0.2) is 5.56 Å². The topological polar surface area (TPSA) is 85.2 Å². The van der Waals surface area contributed by atoms with Crippen molar-refractivity contribution in [3.05, 3.63) is 32.1 Å². The minimum Gasteiger partial charge on any atom is -0.389 e. The van der Waals surface area contributed by atoms with Crippen LogP contribution in [0, 0.1) is 10.1 Å². The first-order valence-electron chi connectivity index (χ1n) is 4.16. The van der Waals surface area contributed by atoms with Crippen LogP contribution in [0.25, 0.3) is 0 Å². The molecular formula is C7H2F6N2O4. The molecule has 0 aliphatic carbocycles. The van der Waals surface area contributed by atoms with Crippen molar-refractivity contribution < 1.29 is 36.0 Å². The molecule has 106 valence electrons. The fourth-order valence-corrected chi connectivity index (χ4v) is 1.13. The molecule has 0 fully saturated rings. The number of halogens is 6. The van der Waals surface area contributed by atoms with E-state index < -0.39 is 40.2 Å². The second kappa shape index (κ2) is 4.44. The van der Waals surface area contributed by atoms with Crippen LogP contribution in [-0.2, 0) is 6.18 Å². The standard InChI is InChI=1S/C7H2F6N2O4/c8-6(9,10)4-2(15(17)18)1-3(16)14-5(4)19-7(11,12)13/h1H,(H,14,16). The maximum absolute atomic E-state index is 12.5. The predicted molar refractivity (Wildman–Crippen MR) is 45.4 cm³/mol. The molecule has 0 spiro atoms. The largest absolute Gasteiger partial charge is 0.574 e. The number of aromatic nitrogens is 1. The zero-order valence-corrected chi connectivity index (χ0v) is 8.43. The van der Waals surface area contributed by atoms with E-state index in [2.05, 4.69) is 4.74 Å². The molecule has 0 aromatic carbocycles. The van der Waals surface area contributed by atoms with Gasteiger partial charge in [0.05, 0.1) is 11.0 Å². The van der Waals surface area contributed by atoms with Crippen LogP contribution >= 0.6 is 0 Å². The normalized spacial score (nSPS) is 12.3. The molecule has 0 bridgehead atoms. The van der Waals surface area contributed by atoms with E-state index in [-0.39, 0.29) is 6.07 Å². The second-order valence-electron chi connectivity index (χ2n) is 3.03. The summed E-state index contributed by atoms with van der Waals surface area (Å²) < 4.78 is 76.1. The number of aromatic amines is 1. The third-order valence-corrected chi connectivity index (χ3v) is 1.69. The predicted octanol–water partition coefficient (Wildman–Crippen LogP) is 2.20. The van der Waals surface area contributed by atoms with Gasteiger partial charge in [-0.25, -0.2) is 0 Å². The molecule has 0 saturated heterocycles. The summed E-state index contributed by atoms with van der Waals surface area (Å²) in [5, 5.41) is 10.4. The van der Waals surface area contributed by atoms with Crippen molar-refractivity contribution in [3.8, 4) is 5.88 Å². The van der Waals surface area contributed by atoms with Crippen LogP contribution in [0.2, 0.25) is 0 Å². The van der Waals surface area contributed by atoms with Crippen molar-refractivity contribution in [1.29, 1.82) is 0 Å². The lowest BCUT2D eigenvalue weighted by molar-refractivity contribution is -0.388. The number of hydrogen-bond donors (Lipinski definition) is 1. The lowest BCUT2D eigenvalue weighted by Gasteiger charge is -2.14. The number of rotatable bonds is 2. The van der Waals surface area contributed by atoms with Gasteiger partial charge in [0.25, 0.3) is 11.2 Å². The Labute approximate surface area is 98.3 Å². The smallest absolute Gasteiger partial charge is 0.389 e. The zero-order valence-electron chi connectivity index (χ0n) is 8.43. The van der Waals surface area contributed by atoms with Crippen LogP contribution in [0.4, 0.5) is 32.0 Å². The van der Waals surface area contributed by atoms with Crippen molar-refractivity contribution in [1.82, 2.24) is 4.98 Å². The average molecular weight is 292 g/mol. The monoisotopic (exact) mass is 292 g/mol. The first kappa shape index (κ1) is 14.8.